The molecule has 102 valence electrons. The predicted molar refractivity (Wildman–Crippen MR) is 74.0 cm³/mol. The fraction of sp³-hybridized carbons (Fsp3) is 0.571. The molecule has 0 aliphatic carbocycles. The lowest BCUT2D eigenvalue weighted by atomic mass is 10.3. The van der Waals surface area contributed by atoms with Gasteiger partial charge in [0, 0.05) is 6.07 Å². The van der Waals surface area contributed by atoms with E-state index < -0.39 is 0 Å². The molecular weight excluding hydrogens is 228 g/mol. The summed E-state index contributed by atoms with van der Waals surface area (Å²) in [6.07, 6.45) is 3.96. The Morgan fingerprint density at radius 2 is 1.28 bits per heavy atom. The second-order valence-corrected chi connectivity index (χ2v) is 4.16. The fourth-order valence-corrected chi connectivity index (χ4v) is 1.53. The third-order valence-corrected chi connectivity index (χ3v) is 2.54. The summed E-state index contributed by atoms with van der Waals surface area (Å²) in [5.74, 6) is 1.70. The molecule has 0 atom stereocenters. The Labute approximate surface area is 109 Å². The molecule has 18 heavy (non-hydrogen) atoms. The molecule has 0 amide bonds. The van der Waals surface area contributed by atoms with Gasteiger partial charge in [-0.25, -0.2) is 0 Å². The van der Waals surface area contributed by atoms with Crippen LogP contribution < -0.4 is 20.9 Å². The van der Waals surface area contributed by atoms with Crippen molar-refractivity contribution in [2.45, 2.75) is 25.7 Å². The van der Waals surface area contributed by atoms with Gasteiger partial charge in [0.15, 0.2) is 0 Å². The van der Waals surface area contributed by atoms with Gasteiger partial charge < -0.3 is 20.9 Å². The van der Waals surface area contributed by atoms with Gasteiger partial charge in [-0.1, -0.05) is 6.07 Å². The maximum absolute atomic E-state index is 5.62. The van der Waals surface area contributed by atoms with Crippen LogP contribution in [0.15, 0.2) is 24.3 Å². The van der Waals surface area contributed by atoms with Gasteiger partial charge in [0.2, 0.25) is 0 Å². The standard InChI is InChI=1S/C14H24N2O2/c15-8-1-3-10-17-13-6-5-7-14(12-13)18-11-4-2-9-16/h5-7,12H,1-4,8-11,15-16H2. The van der Waals surface area contributed by atoms with E-state index in [0.29, 0.717) is 26.3 Å². The van der Waals surface area contributed by atoms with E-state index in [2.05, 4.69) is 0 Å². The molecule has 4 heteroatoms. The summed E-state index contributed by atoms with van der Waals surface area (Å²) in [6.45, 7) is 2.84. The van der Waals surface area contributed by atoms with Crippen LogP contribution in [-0.4, -0.2) is 26.3 Å². The largest absolute Gasteiger partial charge is 0.493 e. The molecule has 4 nitrogen and oxygen atoms in total. The van der Waals surface area contributed by atoms with Crippen LogP contribution in [-0.2, 0) is 0 Å². The molecule has 0 heterocycles. The van der Waals surface area contributed by atoms with Crippen LogP contribution in [0.1, 0.15) is 25.7 Å². The van der Waals surface area contributed by atoms with Crippen LogP contribution in [0.4, 0.5) is 0 Å². The molecule has 0 aromatic heterocycles. The SMILES string of the molecule is NCCCCOc1cccc(OCCCCN)c1. The van der Waals surface area contributed by atoms with Crippen LogP contribution in [0.2, 0.25) is 0 Å². The van der Waals surface area contributed by atoms with Gasteiger partial charge in [0.05, 0.1) is 13.2 Å². The molecule has 0 saturated carbocycles. The summed E-state index contributed by atoms with van der Waals surface area (Å²) < 4.78 is 11.2. The quantitative estimate of drug-likeness (QED) is 0.624. The summed E-state index contributed by atoms with van der Waals surface area (Å²) in [6, 6.07) is 7.74. The first-order valence-corrected chi connectivity index (χ1v) is 6.62. The summed E-state index contributed by atoms with van der Waals surface area (Å²) >= 11 is 0. The number of hydrogen-bond donors (Lipinski definition) is 2. The molecule has 4 N–H and O–H groups in total. The van der Waals surface area contributed by atoms with Crippen molar-refractivity contribution in [1.29, 1.82) is 0 Å². The number of rotatable bonds is 10. The molecule has 0 saturated heterocycles. The van der Waals surface area contributed by atoms with Crippen molar-refractivity contribution in [2.75, 3.05) is 26.3 Å². The average Bonchev–Trinajstić information content (AvgIpc) is 2.40. The fourth-order valence-electron chi connectivity index (χ4n) is 1.53. The molecule has 1 rings (SSSR count). The predicted octanol–water partition coefficient (Wildman–Crippen LogP) is 1.92. The van der Waals surface area contributed by atoms with Gasteiger partial charge in [0.25, 0.3) is 0 Å². The number of benzene rings is 1. The lowest BCUT2D eigenvalue weighted by Gasteiger charge is -2.09. The molecule has 1 aromatic carbocycles. The summed E-state index contributed by atoms with van der Waals surface area (Å²) in [5, 5.41) is 0. The molecule has 1 aromatic rings. The first-order chi connectivity index (χ1) is 8.86. The van der Waals surface area contributed by atoms with Crippen LogP contribution in [0.3, 0.4) is 0 Å². The van der Waals surface area contributed by atoms with Gasteiger partial charge in [0.1, 0.15) is 11.5 Å². The third kappa shape index (κ3) is 6.47. The second-order valence-electron chi connectivity index (χ2n) is 4.16. The average molecular weight is 252 g/mol. The van der Waals surface area contributed by atoms with Crippen LogP contribution in [0.25, 0.3) is 0 Å². The molecule has 0 fully saturated rings. The van der Waals surface area contributed by atoms with E-state index in [4.69, 9.17) is 20.9 Å². The minimum absolute atomic E-state index is 0.702. The van der Waals surface area contributed by atoms with Crippen LogP contribution >= 0.6 is 0 Å². The van der Waals surface area contributed by atoms with Crippen molar-refractivity contribution < 1.29 is 9.47 Å². The zero-order chi connectivity index (χ0) is 13.1. The first kappa shape index (κ1) is 14.8. The summed E-state index contributed by atoms with van der Waals surface area (Å²) in [7, 11) is 0. The van der Waals surface area contributed by atoms with E-state index in [-0.39, 0.29) is 0 Å². The van der Waals surface area contributed by atoms with Gasteiger partial charge >= 0.3 is 0 Å². The highest BCUT2D eigenvalue weighted by Crippen LogP contribution is 2.19. The molecule has 0 unspecified atom stereocenters. The molecule has 0 aliphatic rings. The molecule has 0 spiro atoms. The number of ether oxygens (including phenoxy) is 2. The zero-order valence-electron chi connectivity index (χ0n) is 10.9. The summed E-state index contributed by atoms with van der Waals surface area (Å²) in [4.78, 5) is 0. The Hall–Kier alpha value is -1.26. The maximum Gasteiger partial charge on any atom is 0.122 e. The zero-order valence-corrected chi connectivity index (χ0v) is 10.9. The lowest BCUT2D eigenvalue weighted by Crippen LogP contribution is -2.04. The Kier molecular flexibility index (Phi) is 8.01. The van der Waals surface area contributed by atoms with Crippen LogP contribution in [0.5, 0.6) is 11.5 Å². The van der Waals surface area contributed by atoms with E-state index in [1.54, 1.807) is 0 Å². The highest BCUT2D eigenvalue weighted by molar-refractivity contribution is 5.32. The van der Waals surface area contributed by atoms with Gasteiger partial charge in [-0.05, 0) is 50.9 Å². The Morgan fingerprint density at radius 3 is 1.72 bits per heavy atom. The van der Waals surface area contributed by atoms with E-state index in [1.165, 1.54) is 0 Å². The summed E-state index contributed by atoms with van der Waals surface area (Å²) in [5.41, 5.74) is 10.9. The van der Waals surface area contributed by atoms with Gasteiger partial charge in [-0.3, -0.25) is 0 Å². The highest BCUT2D eigenvalue weighted by Gasteiger charge is 1.98. The van der Waals surface area contributed by atoms with E-state index in [1.807, 2.05) is 24.3 Å². The Bertz CT molecular complexity index is 291. The van der Waals surface area contributed by atoms with E-state index >= 15 is 0 Å². The molecule has 0 radical (unpaired) electrons. The Morgan fingerprint density at radius 1 is 0.778 bits per heavy atom. The monoisotopic (exact) mass is 252 g/mol. The minimum atomic E-state index is 0.702. The molecule has 0 bridgehead atoms. The third-order valence-electron chi connectivity index (χ3n) is 2.54. The Balaban J connectivity index is 2.27. The van der Waals surface area contributed by atoms with Crippen molar-refractivity contribution in [3.8, 4) is 11.5 Å². The highest BCUT2D eigenvalue weighted by atomic mass is 16.5. The van der Waals surface area contributed by atoms with E-state index in [0.717, 1.165) is 37.2 Å². The molecule has 0 aliphatic heterocycles. The van der Waals surface area contributed by atoms with Crippen molar-refractivity contribution in [3.05, 3.63) is 24.3 Å². The maximum atomic E-state index is 5.62. The number of hydrogen-bond acceptors (Lipinski definition) is 4. The number of unbranched alkanes of at least 4 members (excludes halogenated alkanes) is 2. The first-order valence-electron chi connectivity index (χ1n) is 6.62. The normalized spacial score (nSPS) is 10.3. The van der Waals surface area contributed by atoms with Crippen molar-refractivity contribution >= 4 is 0 Å². The van der Waals surface area contributed by atoms with Gasteiger partial charge in [-0.15, -0.1) is 0 Å². The number of nitrogens with two attached hydrogens (primary N) is 2. The topological polar surface area (TPSA) is 70.5 Å². The van der Waals surface area contributed by atoms with Crippen molar-refractivity contribution in [2.24, 2.45) is 11.5 Å². The van der Waals surface area contributed by atoms with Crippen molar-refractivity contribution in [3.63, 3.8) is 0 Å². The van der Waals surface area contributed by atoms with Crippen molar-refractivity contribution in [1.82, 2.24) is 0 Å². The minimum Gasteiger partial charge on any atom is -0.493 e. The van der Waals surface area contributed by atoms with Gasteiger partial charge in [-0.2, -0.15) is 0 Å². The molecular formula is C14H24N2O2. The lowest BCUT2D eigenvalue weighted by molar-refractivity contribution is 0.293. The smallest absolute Gasteiger partial charge is 0.122 e. The van der Waals surface area contributed by atoms with Crippen LogP contribution in [0, 0.1) is 0 Å². The van der Waals surface area contributed by atoms with E-state index in [9.17, 15) is 0 Å². The second kappa shape index (κ2) is 9.74.